The maximum absolute atomic E-state index is 12.1. The summed E-state index contributed by atoms with van der Waals surface area (Å²) in [5.41, 5.74) is 1.67. The molecule has 3 nitrogen and oxygen atoms in total. The van der Waals surface area contributed by atoms with Gasteiger partial charge in [-0.1, -0.05) is 59.3 Å². The third-order valence-corrected chi connectivity index (χ3v) is 4.92. The highest BCUT2D eigenvalue weighted by molar-refractivity contribution is 8.81. The molecule has 0 saturated heterocycles. The minimum Gasteiger partial charge on any atom is -0.272 e. The third kappa shape index (κ3) is 4.65. The van der Waals surface area contributed by atoms with Gasteiger partial charge in [-0.15, -0.1) is 0 Å². The highest BCUT2D eigenvalue weighted by Crippen LogP contribution is 2.28. The van der Waals surface area contributed by atoms with E-state index in [1.807, 2.05) is 36.4 Å². The molecule has 2 aromatic rings. The van der Waals surface area contributed by atoms with E-state index in [4.69, 9.17) is 0 Å². The summed E-state index contributed by atoms with van der Waals surface area (Å²) in [4.78, 5) is 25.2. The molecule has 0 atom stereocenters. The molecule has 0 aliphatic carbocycles. The minimum absolute atomic E-state index is 0.259. The molecule has 0 aromatic heterocycles. The Labute approximate surface area is 132 Å². The number of hydrogen-bond acceptors (Lipinski definition) is 4. The molecule has 0 spiro atoms. The minimum atomic E-state index is -0.284. The first-order valence-electron chi connectivity index (χ1n) is 6.39. The Balaban J connectivity index is 1.84. The van der Waals surface area contributed by atoms with E-state index in [0.29, 0.717) is 5.56 Å². The fourth-order valence-electron chi connectivity index (χ4n) is 1.64. The second-order valence-electron chi connectivity index (χ2n) is 4.33. The zero-order chi connectivity index (χ0) is 15.1. The van der Waals surface area contributed by atoms with Gasteiger partial charge in [-0.2, -0.15) is 0 Å². The predicted octanol–water partition coefficient (Wildman–Crippen LogP) is 4.46. The van der Waals surface area contributed by atoms with E-state index in [1.165, 1.54) is 17.8 Å². The molecular weight excluding hydrogens is 302 g/mol. The number of carbonyl (C=O) groups is 2. The summed E-state index contributed by atoms with van der Waals surface area (Å²) in [7, 11) is 4.02. The van der Waals surface area contributed by atoms with Crippen molar-refractivity contribution < 1.29 is 9.59 Å². The number of amides is 2. The van der Waals surface area contributed by atoms with Crippen LogP contribution in [0.2, 0.25) is 0 Å². The molecule has 2 amide bonds. The fourth-order valence-corrected chi connectivity index (χ4v) is 3.54. The third-order valence-electron chi connectivity index (χ3n) is 2.80. The van der Waals surface area contributed by atoms with E-state index in [1.54, 1.807) is 24.3 Å². The fraction of sp³-hybridized carbons (Fsp3) is 0.125. The van der Waals surface area contributed by atoms with Crippen LogP contribution < -0.4 is 0 Å². The van der Waals surface area contributed by atoms with Gasteiger partial charge in [0.15, 0.2) is 0 Å². The van der Waals surface area contributed by atoms with Crippen LogP contribution in [0, 0.1) is 0 Å². The van der Waals surface area contributed by atoms with Crippen LogP contribution >= 0.6 is 21.6 Å². The van der Waals surface area contributed by atoms with Crippen molar-refractivity contribution in [3.05, 3.63) is 71.8 Å². The molecule has 0 aliphatic heterocycles. The van der Waals surface area contributed by atoms with Gasteiger partial charge in [0.05, 0.1) is 0 Å². The zero-order valence-electron chi connectivity index (χ0n) is 11.6. The van der Waals surface area contributed by atoms with Crippen LogP contribution in [-0.2, 0) is 5.75 Å². The molecule has 0 unspecified atom stereocenters. The van der Waals surface area contributed by atoms with Gasteiger partial charge < -0.3 is 0 Å². The Morgan fingerprint density at radius 2 is 1.52 bits per heavy atom. The van der Waals surface area contributed by atoms with Gasteiger partial charge in [0.25, 0.3) is 11.1 Å². The summed E-state index contributed by atoms with van der Waals surface area (Å²) in [5.74, 6) is 0.443. The lowest BCUT2D eigenvalue weighted by Crippen LogP contribution is -2.29. The summed E-state index contributed by atoms with van der Waals surface area (Å²) in [6, 6.07) is 18.7. The molecule has 0 saturated carbocycles. The normalized spacial score (nSPS) is 10.1. The first kappa shape index (κ1) is 15.7. The molecule has 0 fully saturated rings. The smallest absolute Gasteiger partial charge is 0.272 e. The van der Waals surface area contributed by atoms with Crippen molar-refractivity contribution in [2.24, 2.45) is 0 Å². The Morgan fingerprint density at radius 1 is 0.952 bits per heavy atom. The van der Waals surface area contributed by atoms with Gasteiger partial charge >= 0.3 is 0 Å². The lowest BCUT2D eigenvalue weighted by atomic mass is 10.2. The maximum atomic E-state index is 12.1. The van der Waals surface area contributed by atoms with Crippen molar-refractivity contribution in [2.75, 3.05) is 7.05 Å². The topological polar surface area (TPSA) is 37.4 Å². The van der Waals surface area contributed by atoms with Gasteiger partial charge in [0.1, 0.15) is 0 Å². The standard InChI is InChI=1S/C16H15NO2S2/c1-17(15(18)14-10-6-3-7-11-14)16(19)21-20-12-13-8-4-2-5-9-13/h2-11H,12H2,1H3. The van der Waals surface area contributed by atoms with E-state index >= 15 is 0 Å². The molecule has 0 aliphatic rings. The average Bonchev–Trinajstić information content (AvgIpc) is 2.55. The number of rotatable bonds is 4. The summed E-state index contributed by atoms with van der Waals surface area (Å²) < 4.78 is 0. The van der Waals surface area contributed by atoms with Crippen LogP contribution in [0.4, 0.5) is 4.79 Å². The van der Waals surface area contributed by atoms with Crippen LogP contribution in [0.3, 0.4) is 0 Å². The molecule has 5 heteroatoms. The van der Waals surface area contributed by atoms with E-state index in [0.717, 1.165) is 27.0 Å². The van der Waals surface area contributed by atoms with E-state index in [9.17, 15) is 9.59 Å². The second kappa shape index (κ2) is 7.90. The summed E-state index contributed by atoms with van der Waals surface area (Å²) in [6.45, 7) is 0. The number of hydrogen-bond donors (Lipinski definition) is 0. The largest absolute Gasteiger partial charge is 0.298 e. The monoisotopic (exact) mass is 317 g/mol. The Hall–Kier alpha value is -1.72. The number of benzene rings is 2. The van der Waals surface area contributed by atoms with Gasteiger partial charge in [0, 0.05) is 29.2 Å². The van der Waals surface area contributed by atoms with Gasteiger partial charge in [0.2, 0.25) is 0 Å². The number of carbonyl (C=O) groups excluding carboxylic acids is 2. The van der Waals surface area contributed by atoms with Gasteiger partial charge in [-0.3, -0.25) is 14.5 Å². The molecule has 2 rings (SSSR count). The van der Waals surface area contributed by atoms with Gasteiger partial charge in [-0.25, -0.2) is 0 Å². The first-order valence-corrected chi connectivity index (χ1v) is 8.71. The van der Waals surface area contributed by atoms with Gasteiger partial charge in [-0.05, 0) is 17.7 Å². The van der Waals surface area contributed by atoms with Crippen LogP contribution in [0.1, 0.15) is 15.9 Å². The van der Waals surface area contributed by atoms with Crippen molar-refractivity contribution in [3.8, 4) is 0 Å². The van der Waals surface area contributed by atoms with Crippen LogP contribution in [0.5, 0.6) is 0 Å². The average molecular weight is 317 g/mol. The van der Waals surface area contributed by atoms with Crippen molar-refractivity contribution in [1.82, 2.24) is 4.90 Å². The van der Waals surface area contributed by atoms with Crippen molar-refractivity contribution in [2.45, 2.75) is 5.75 Å². The van der Waals surface area contributed by atoms with Crippen LogP contribution in [0.25, 0.3) is 0 Å². The quantitative estimate of drug-likeness (QED) is 0.780. The lowest BCUT2D eigenvalue weighted by molar-refractivity contribution is 0.0848. The molecule has 2 aromatic carbocycles. The SMILES string of the molecule is CN(C(=O)SSCc1ccccc1)C(=O)c1ccccc1. The summed E-state index contributed by atoms with van der Waals surface area (Å²) in [6.07, 6.45) is 0. The second-order valence-corrected chi connectivity index (χ2v) is 6.57. The van der Waals surface area contributed by atoms with E-state index in [2.05, 4.69) is 0 Å². The summed E-state index contributed by atoms with van der Waals surface area (Å²) >= 11 is 0. The Kier molecular flexibility index (Phi) is 5.90. The van der Waals surface area contributed by atoms with Crippen LogP contribution in [0.15, 0.2) is 60.7 Å². The number of imide groups is 1. The molecular formula is C16H15NO2S2. The first-order chi connectivity index (χ1) is 10.2. The molecule has 0 N–H and O–H groups in total. The predicted molar refractivity (Wildman–Crippen MR) is 89.3 cm³/mol. The molecule has 21 heavy (non-hydrogen) atoms. The zero-order valence-corrected chi connectivity index (χ0v) is 13.2. The van der Waals surface area contributed by atoms with E-state index in [-0.39, 0.29) is 11.1 Å². The highest BCUT2D eigenvalue weighted by Gasteiger charge is 2.18. The highest BCUT2D eigenvalue weighted by atomic mass is 33.1. The maximum Gasteiger partial charge on any atom is 0.298 e. The molecule has 0 bridgehead atoms. The van der Waals surface area contributed by atoms with E-state index < -0.39 is 0 Å². The van der Waals surface area contributed by atoms with Crippen molar-refractivity contribution >= 4 is 32.7 Å². The Bertz CT molecular complexity index is 602. The van der Waals surface area contributed by atoms with Crippen molar-refractivity contribution in [1.29, 1.82) is 0 Å². The molecule has 108 valence electrons. The van der Waals surface area contributed by atoms with Crippen molar-refractivity contribution in [3.63, 3.8) is 0 Å². The molecule has 0 heterocycles. The summed E-state index contributed by atoms with van der Waals surface area (Å²) in [5, 5.41) is -0.259. The van der Waals surface area contributed by atoms with Crippen LogP contribution in [-0.4, -0.2) is 23.1 Å². The molecule has 0 radical (unpaired) electrons. The lowest BCUT2D eigenvalue weighted by Gasteiger charge is -2.14. The number of nitrogens with zero attached hydrogens (tertiary/aromatic N) is 1. The Morgan fingerprint density at radius 3 is 2.14 bits per heavy atom.